The lowest BCUT2D eigenvalue weighted by Gasteiger charge is -2.12. The molecule has 0 spiro atoms. The Bertz CT molecular complexity index is 952. The lowest BCUT2D eigenvalue weighted by Crippen LogP contribution is -2.32. The molecule has 1 atom stereocenters. The number of carbonyl (C=O) groups excluding carboxylic acids is 1. The molecule has 3 aromatic rings. The largest absolute Gasteiger partial charge is 0.347 e. The van der Waals surface area contributed by atoms with E-state index in [1.165, 1.54) is 0 Å². The van der Waals surface area contributed by atoms with Crippen molar-refractivity contribution in [2.45, 2.75) is 24.8 Å². The summed E-state index contributed by atoms with van der Waals surface area (Å²) in [5.41, 5.74) is 7.84. The number of para-hydroxylation sites is 1. The Hall–Kier alpha value is -2.70. The summed E-state index contributed by atoms with van der Waals surface area (Å²) < 4.78 is 1.69. The normalized spacial score (nSPS) is 14.7. The highest BCUT2D eigenvalue weighted by molar-refractivity contribution is 6.32. The van der Waals surface area contributed by atoms with Crippen LogP contribution < -0.4 is 11.1 Å². The monoisotopic (exact) mass is 381 g/mol. The standard InChI is InChI=1S/C20H20ClN5O/c21-15-8-4-5-9-17(15)26-19(14-10-11-14)24-18(25-26)20(27)23-12-16(22)13-6-2-1-3-7-13/h1-9,14,16H,10-12,22H2,(H,23,27). The highest BCUT2D eigenvalue weighted by Crippen LogP contribution is 2.40. The molecular formula is C20H20ClN5O. The van der Waals surface area contributed by atoms with Crippen molar-refractivity contribution in [3.63, 3.8) is 0 Å². The summed E-state index contributed by atoms with van der Waals surface area (Å²) >= 11 is 6.31. The molecule has 0 bridgehead atoms. The molecule has 27 heavy (non-hydrogen) atoms. The third-order valence-corrected chi connectivity index (χ3v) is 4.89. The van der Waals surface area contributed by atoms with Gasteiger partial charge in [-0.05, 0) is 30.5 Å². The molecule has 0 radical (unpaired) electrons. The Morgan fingerprint density at radius 3 is 2.59 bits per heavy atom. The number of nitrogens with one attached hydrogen (secondary N) is 1. The third-order valence-electron chi connectivity index (χ3n) is 4.57. The molecule has 1 aromatic heterocycles. The highest BCUT2D eigenvalue weighted by atomic mass is 35.5. The van der Waals surface area contributed by atoms with E-state index in [1.54, 1.807) is 10.7 Å². The van der Waals surface area contributed by atoms with Crippen LogP contribution >= 0.6 is 11.6 Å². The van der Waals surface area contributed by atoms with E-state index >= 15 is 0 Å². The van der Waals surface area contributed by atoms with Crippen LogP contribution in [0.3, 0.4) is 0 Å². The zero-order valence-electron chi connectivity index (χ0n) is 14.7. The molecule has 0 aliphatic heterocycles. The molecule has 3 N–H and O–H groups in total. The van der Waals surface area contributed by atoms with Crippen molar-refractivity contribution in [1.29, 1.82) is 0 Å². The van der Waals surface area contributed by atoms with Gasteiger partial charge in [0.25, 0.3) is 5.91 Å². The maximum atomic E-state index is 12.6. The Morgan fingerprint density at radius 2 is 1.89 bits per heavy atom. The zero-order valence-corrected chi connectivity index (χ0v) is 15.4. The Balaban J connectivity index is 1.53. The van der Waals surface area contributed by atoms with Crippen LogP contribution in [-0.2, 0) is 0 Å². The molecule has 1 aliphatic rings. The quantitative estimate of drug-likeness (QED) is 0.686. The van der Waals surface area contributed by atoms with E-state index in [9.17, 15) is 4.79 Å². The highest BCUT2D eigenvalue weighted by Gasteiger charge is 2.32. The summed E-state index contributed by atoms with van der Waals surface area (Å²) in [6, 6.07) is 16.8. The average molecular weight is 382 g/mol. The number of nitrogens with zero attached hydrogens (tertiary/aromatic N) is 3. The molecular weight excluding hydrogens is 362 g/mol. The van der Waals surface area contributed by atoms with Crippen LogP contribution in [0.4, 0.5) is 0 Å². The lowest BCUT2D eigenvalue weighted by molar-refractivity contribution is 0.0941. The van der Waals surface area contributed by atoms with Gasteiger partial charge in [-0.1, -0.05) is 54.1 Å². The summed E-state index contributed by atoms with van der Waals surface area (Å²) in [5.74, 6) is 0.897. The Kier molecular flexibility index (Phi) is 4.92. The van der Waals surface area contributed by atoms with Crippen LogP contribution in [0.5, 0.6) is 0 Å². The molecule has 6 nitrogen and oxygen atoms in total. The van der Waals surface area contributed by atoms with Crippen molar-refractivity contribution in [3.05, 3.63) is 76.8 Å². The molecule has 1 unspecified atom stereocenters. The SMILES string of the molecule is NC(CNC(=O)c1nc(C2CC2)n(-c2ccccc2Cl)n1)c1ccccc1. The van der Waals surface area contributed by atoms with Gasteiger partial charge in [-0.15, -0.1) is 5.10 Å². The number of halogens is 1. The van der Waals surface area contributed by atoms with E-state index in [2.05, 4.69) is 15.4 Å². The first-order chi connectivity index (χ1) is 13.1. The summed E-state index contributed by atoms with van der Waals surface area (Å²) in [6.07, 6.45) is 2.09. The number of hydrogen-bond donors (Lipinski definition) is 2. The average Bonchev–Trinajstić information content (AvgIpc) is 3.45. The molecule has 4 rings (SSSR count). The van der Waals surface area contributed by atoms with Crippen LogP contribution in [0, 0.1) is 0 Å². The van der Waals surface area contributed by atoms with Gasteiger partial charge in [0.2, 0.25) is 5.82 Å². The molecule has 1 aliphatic carbocycles. The van der Waals surface area contributed by atoms with Crippen molar-refractivity contribution in [1.82, 2.24) is 20.1 Å². The smallest absolute Gasteiger partial charge is 0.291 e. The predicted octanol–water partition coefficient (Wildman–Crippen LogP) is 3.23. The molecule has 0 saturated heterocycles. The summed E-state index contributed by atoms with van der Waals surface area (Å²) in [5, 5.41) is 7.82. The number of aromatic nitrogens is 3. The summed E-state index contributed by atoms with van der Waals surface area (Å²) in [4.78, 5) is 17.0. The molecule has 138 valence electrons. The van der Waals surface area contributed by atoms with Crippen molar-refractivity contribution in [2.75, 3.05) is 6.54 Å². The maximum Gasteiger partial charge on any atom is 0.291 e. The van der Waals surface area contributed by atoms with E-state index in [4.69, 9.17) is 17.3 Å². The lowest BCUT2D eigenvalue weighted by atomic mass is 10.1. The molecule has 7 heteroatoms. The molecule has 1 saturated carbocycles. The molecule has 2 aromatic carbocycles. The number of carbonyl (C=O) groups is 1. The van der Waals surface area contributed by atoms with Crippen LogP contribution in [0.2, 0.25) is 5.02 Å². The third kappa shape index (κ3) is 3.86. The minimum atomic E-state index is -0.339. The van der Waals surface area contributed by atoms with Crippen molar-refractivity contribution >= 4 is 17.5 Å². The number of nitrogens with two attached hydrogens (primary N) is 1. The minimum absolute atomic E-state index is 0.136. The Labute approximate surface area is 162 Å². The Morgan fingerprint density at radius 1 is 1.19 bits per heavy atom. The number of benzene rings is 2. The van der Waals surface area contributed by atoms with E-state index in [0.717, 1.165) is 29.9 Å². The van der Waals surface area contributed by atoms with Gasteiger partial charge < -0.3 is 11.1 Å². The fraction of sp³-hybridized carbons (Fsp3) is 0.250. The van der Waals surface area contributed by atoms with Crippen LogP contribution in [0.1, 0.15) is 46.8 Å². The van der Waals surface area contributed by atoms with E-state index in [-0.39, 0.29) is 17.8 Å². The zero-order chi connectivity index (χ0) is 18.8. The molecule has 1 amide bonds. The molecule has 1 fully saturated rings. The van der Waals surface area contributed by atoms with Gasteiger partial charge in [0.05, 0.1) is 10.7 Å². The van der Waals surface area contributed by atoms with Crippen molar-refractivity contribution in [3.8, 4) is 5.69 Å². The number of hydrogen-bond acceptors (Lipinski definition) is 4. The van der Waals surface area contributed by atoms with Gasteiger partial charge in [-0.2, -0.15) is 0 Å². The van der Waals surface area contributed by atoms with Gasteiger partial charge in [0, 0.05) is 18.5 Å². The van der Waals surface area contributed by atoms with Crippen LogP contribution in [0.15, 0.2) is 54.6 Å². The molecule has 1 heterocycles. The first kappa shape index (κ1) is 17.7. The first-order valence-electron chi connectivity index (χ1n) is 8.94. The second kappa shape index (κ2) is 7.50. The van der Waals surface area contributed by atoms with Crippen LogP contribution in [0.25, 0.3) is 5.69 Å². The number of rotatable bonds is 6. The first-order valence-corrected chi connectivity index (χ1v) is 9.32. The topological polar surface area (TPSA) is 85.8 Å². The predicted molar refractivity (Wildman–Crippen MR) is 104 cm³/mol. The maximum absolute atomic E-state index is 12.6. The summed E-state index contributed by atoms with van der Waals surface area (Å²) in [7, 11) is 0. The minimum Gasteiger partial charge on any atom is -0.347 e. The fourth-order valence-corrected chi connectivity index (χ4v) is 3.14. The number of amides is 1. The second-order valence-electron chi connectivity index (χ2n) is 6.66. The van der Waals surface area contributed by atoms with Gasteiger partial charge in [0.15, 0.2) is 0 Å². The second-order valence-corrected chi connectivity index (χ2v) is 7.07. The van der Waals surface area contributed by atoms with E-state index < -0.39 is 0 Å². The van der Waals surface area contributed by atoms with Gasteiger partial charge in [-0.3, -0.25) is 4.79 Å². The van der Waals surface area contributed by atoms with E-state index in [1.807, 2.05) is 48.5 Å². The van der Waals surface area contributed by atoms with Crippen LogP contribution in [-0.4, -0.2) is 27.2 Å². The van der Waals surface area contributed by atoms with Crippen molar-refractivity contribution < 1.29 is 4.79 Å². The van der Waals surface area contributed by atoms with E-state index in [0.29, 0.717) is 17.5 Å². The summed E-state index contributed by atoms with van der Waals surface area (Å²) in [6.45, 7) is 0.308. The van der Waals surface area contributed by atoms with Gasteiger partial charge >= 0.3 is 0 Å². The van der Waals surface area contributed by atoms with Crippen molar-refractivity contribution in [2.24, 2.45) is 5.73 Å². The van der Waals surface area contributed by atoms with Gasteiger partial charge in [0.1, 0.15) is 5.82 Å². The fourth-order valence-electron chi connectivity index (χ4n) is 2.93. The van der Waals surface area contributed by atoms with Gasteiger partial charge in [-0.25, -0.2) is 9.67 Å².